The Morgan fingerprint density at radius 3 is 1.97 bits per heavy atom. The van der Waals surface area contributed by atoms with Crippen LogP contribution >= 0.6 is 0 Å². The van der Waals surface area contributed by atoms with E-state index in [2.05, 4.69) is 20.6 Å². The van der Waals surface area contributed by atoms with Crippen molar-refractivity contribution in [3.63, 3.8) is 0 Å². The molecule has 9 atom stereocenters. The SMILES string of the molecule is CCC(CCOC)[C@H](NC(=O)OC)C(=O)N1C2CC2C[C@H]1c1nc(-c2ccc(-c3ccc(-c4cnc([C@@H]5CC6C[C@H]6N5C(=O)[C@@H](NC(=O)OC)C5CCOCC5)[nH]4)cc3)cc2)c(F)[nH]1. The lowest BCUT2D eigenvalue weighted by atomic mass is 9.90. The number of carbonyl (C=O) groups excluding carboxylic acids is 4. The third kappa shape index (κ3) is 8.59. The molecule has 4 N–H and O–H groups in total. The van der Waals surface area contributed by atoms with Crippen molar-refractivity contribution in [2.45, 2.75) is 94.5 Å². The van der Waals surface area contributed by atoms with E-state index >= 15 is 4.39 Å². The zero-order valence-corrected chi connectivity index (χ0v) is 36.7. The highest BCUT2D eigenvalue weighted by Gasteiger charge is 2.58. The maximum Gasteiger partial charge on any atom is 0.407 e. The number of carbonyl (C=O) groups is 4. The van der Waals surface area contributed by atoms with Gasteiger partial charge in [0.1, 0.15) is 29.4 Å². The summed E-state index contributed by atoms with van der Waals surface area (Å²) in [6, 6.07) is 13.6. The largest absolute Gasteiger partial charge is 0.453 e. The number of methoxy groups -OCH3 is 3. The minimum atomic E-state index is -0.822. The number of piperidine rings is 2. The lowest BCUT2D eigenvalue weighted by Crippen LogP contribution is -2.54. The Kier molecular flexibility index (Phi) is 12.5. The number of fused-ring (bicyclic) bond motifs is 2. The molecule has 3 aliphatic heterocycles. The molecule has 64 heavy (non-hydrogen) atoms. The number of benzene rings is 2. The highest BCUT2D eigenvalue weighted by Crippen LogP contribution is 2.55. The van der Waals surface area contributed by atoms with Gasteiger partial charge in [0.05, 0.1) is 38.2 Å². The lowest BCUT2D eigenvalue weighted by molar-refractivity contribution is -0.138. The quantitative estimate of drug-likeness (QED) is 0.102. The second-order valence-electron chi connectivity index (χ2n) is 17.9. The third-order valence-electron chi connectivity index (χ3n) is 14.2. The summed E-state index contributed by atoms with van der Waals surface area (Å²) in [4.78, 5) is 72.8. The van der Waals surface area contributed by atoms with Gasteiger partial charge < -0.3 is 49.3 Å². The Balaban J connectivity index is 0.875. The van der Waals surface area contributed by atoms with Gasteiger partial charge in [0.15, 0.2) is 0 Å². The molecule has 0 radical (unpaired) electrons. The smallest absolute Gasteiger partial charge is 0.407 e. The molecular weight excluding hydrogens is 824 g/mol. The van der Waals surface area contributed by atoms with E-state index in [4.69, 9.17) is 28.9 Å². The van der Waals surface area contributed by atoms with Crippen molar-refractivity contribution < 1.29 is 42.5 Å². The number of ether oxygens (including phenoxy) is 4. The maximum absolute atomic E-state index is 15.7. The van der Waals surface area contributed by atoms with E-state index in [0.29, 0.717) is 75.1 Å². The number of aromatic amines is 2. The first-order valence-corrected chi connectivity index (χ1v) is 22.5. The first-order chi connectivity index (χ1) is 31.1. The summed E-state index contributed by atoms with van der Waals surface area (Å²) in [7, 11) is 4.18. The highest BCUT2D eigenvalue weighted by molar-refractivity contribution is 5.88. The van der Waals surface area contributed by atoms with Crippen molar-refractivity contribution in [1.29, 1.82) is 0 Å². The first kappa shape index (κ1) is 43.4. The average molecular weight is 881 g/mol. The molecular formula is C47H57FN8O8. The van der Waals surface area contributed by atoms with E-state index in [1.54, 1.807) is 18.2 Å². The van der Waals surface area contributed by atoms with Crippen molar-refractivity contribution >= 4 is 24.0 Å². The number of halogens is 1. The van der Waals surface area contributed by atoms with Crippen LogP contribution in [-0.2, 0) is 28.5 Å². The Hall–Kier alpha value is -5.81. The molecule has 16 nitrogen and oxygen atoms in total. The molecule has 17 heteroatoms. The van der Waals surface area contributed by atoms with Crippen LogP contribution in [0, 0.1) is 29.6 Å². The van der Waals surface area contributed by atoms with Crippen molar-refractivity contribution in [2.75, 3.05) is 41.2 Å². The summed E-state index contributed by atoms with van der Waals surface area (Å²) >= 11 is 0. The van der Waals surface area contributed by atoms with Gasteiger partial charge in [0.25, 0.3) is 0 Å². The first-order valence-electron chi connectivity index (χ1n) is 22.5. The number of hydrogen-bond acceptors (Lipinski definition) is 10. The molecule has 4 amide bonds. The Bertz CT molecular complexity index is 2330. The normalized spacial score (nSPS) is 24.9. The molecule has 2 saturated carbocycles. The van der Waals surface area contributed by atoms with Crippen LogP contribution in [0.2, 0.25) is 0 Å². The minimum Gasteiger partial charge on any atom is -0.453 e. The fraction of sp³-hybridized carbons (Fsp3) is 0.532. The van der Waals surface area contributed by atoms with Crippen LogP contribution in [0.4, 0.5) is 14.0 Å². The molecule has 2 aliphatic carbocycles. The van der Waals surface area contributed by atoms with E-state index in [1.807, 2.05) is 60.4 Å². The number of alkyl carbamates (subject to hydrolysis) is 2. The molecule has 5 fully saturated rings. The molecule has 340 valence electrons. The summed E-state index contributed by atoms with van der Waals surface area (Å²) in [6.07, 6.45) is 6.37. The molecule has 0 bridgehead atoms. The van der Waals surface area contributed by atoms with Gasteiger partial charge in [-0.2, -0.15) is 4.39 Å². The Morgan fingerprint density at radius 1 is 0.781 bits per heavy atom. The van der Waals surface area contributed by atoms with Gasteiger partial charge in [-0.15, -0.1) is 0 Å². The second-order valence-corrected chi connectivity index (χ2v) is 17.9. The topological polar surface area (TPSA) is 193 Å². The molecule has 3 saturated heterocycles. The zero-order valence-electron chi connectivity index (χ0n) is 36.7. The number of nitrogens with zero attached hydrogens (tertiary/aromatic N) is 4. The number of nitrogens with one attached hydrogen (secondary N) is 4. The van der Waals surface area contributed by atoms with Gasteiger partial charge >= 0.3 is 12.2 Å². The van der Waals surface area contributed by atoms with Crippen molar-refractivity contribution in [1.82, 2.24) is 40.4 Å². The zero-order chi connectivity index (χ0) is 44.6. The Morgan fingerprint density at radius 2 is 1.36 bits per heavy atom. The molecule has 2 aromatic heterocycles. The number of aromatic nitrogens is 4. The van der Waals surface area contributed by atoms with Crippen LogP contribution in [0.1, 0.15) is 82.0 Å². The number of likely N-dealkylation sites (tertiary alicyclic amines) is 2. The maximum atomic E-state index is 15.7. The van der Waals surface area contributed by atoms with Gasteiger partial charge in [0.2, 0.25) is 17.8 Å². The van der Waals surface area contributed by atoms with Crippen LogP contribution in [-0.4, -0.2) is 119 Å². The summed E-state index contributed by atoms with van der Waals surface area (Å²) < 4.78 is 36.3. The number of H-pyrrole nitrogens is 2. The van der Waals surface area contributed by atoms with Gasteiger partial charge in [-0.1, -0.05) is 61.9 Å². The van der Waals surface area contributed by atoms with Crippen molar-refractivity contribution in [2.24, 2.45) is 23.7 Å². The van der Waals surface area contributed by atoms with E-state index in [9.17, 15) is 19.2 Å². The predicted octanol–water partition coefficient (Wildman–Crippen LogP) is 6.54. The number of hydrogen-bond donors (Lipinski definition) is 4. The lowest BCUT2D eigenvalue weighted by Gasteiger charge is -2.35. The van der Waals surface area contributed by atoms with Crippen LogP contribution in [0.3, 0.4) is 0 Å². The highest BCUT2D eigenvalue weighted by atomic mass is 19.1. The molecule has 5 aliphatic rings. The monoisotopic (exact) mass is 880 g/mol. The molecule has 4 unspecified atom stereocenters. The van der Waals surface area contributed by atoms with Gasteiger partial charge in [-0.3, -0.25) is 9.59 Å². The van der Waals surface area contributed by atoms with E-state index in [1.165, 1.54) is 14.2 Å². The summed E-state index contributed by atoms with van der Waals surface area (Å²) in [6.45, 7) is 3.51. The fourth-order valence-corrected chi connectivity index (χ4v) is 10.4. The minimum absolute atomic E-state index is 0.00863. The summed E-state index contributed by atoms with van der Waals surface area (Å²) in [5.74, 6) is 0.693. The van der Waals surface area contributed by atoms with E-state index in [0.717, 1.165) is 47.5 Å². The molecule has 0 spiro atoms. The van der Waals surface area contributed by atoms with Gasteiger partial charge in [-0.05, 0) is 85.3 Å². The Labute approximate surface area is 371 Å². The third-order valence-corrected chi connectivity index (χ3v) is 14.2. The molecule has 9 rings (SSSR count). The number of rotatable bonds is 15. The van der Waals surface area contributed by atoms with Gasteiger partial charge in [0, 0.05) is 44.6 Å². The fourth-order valence-electron chi connectivity index (χ4n) is 10.4. The number of amides is 4. The van der Waals surface area contributed by atoms with Crippen molar-refractivity contribution in [3.05, 3.63) is 72.3 Å². The van der Waals surface area contributed by atoms with Crippen LogP contribution in [0.5, 0.6) is 0 Å². The summed E-state index contributed by atoms with van der Waals surface area (Å²) in [5, 5.41) is 5.62. The number of imidazole rings is 2. The second kappa shape index (κ2) is 18.4. The van der Waals surface area contributed by atoms with E-state index in [-0.39, 0.29) is 47.5 Å². The molecule has 4 aromatic rings. The molecule has 2 aromatic carbocycles. The average Bonchev–Trinajstić information content (AvgIpc) is 3.97. The standard InChI is InChI=1S/C47H57FN8O8/c1-5-25(14-17-61-2)39(52-46(59)62-3)44(57)56-35-21-32(35)23-37(56)43-51-38(41(48)54-43)29-12-8-27(9-13-29)26-6-10-28(11-7-26)33-24-49-42(50-33)36-22-31-20-34(31)55(36)45(58)40(53-47(60)63-4)30-15-18-64-19-16-30/h6-13,24-25,30-32,34-37,39-40H,5,14-23H2,1-4H3,(H,49,50)(H,51,54)(H,52,59)(H,53,60)/t25?,31?,32?,34-,35?,36+,37+,39+,40+/m1/s1. The van der Waals surface area contributed by atoms with Crippen LogP contribution in [0.15, 0.2) is 54.7 Å². The summed E-state index contributed by atoms with van der Waals surface area (Å²) in [5.41, 5.74) is 4.44. The molecule has 5 heterocycles. The van der Waals surface area contributed by atoms with Crippen LogP contribution < -0.4 is 10.6 Å². The predicted molar refractivity (Wildman–Crippen MR) is 232 cm³/mol. The van der Waals surface area contributed by atoms with E-state index < -0.39 is 36.3 Å². The van der Waals surface area contributed by atoms with Crippen molar-refractivity contribution in [3.8, 4) is 33.6 Å². The van der Waals surface area contributed by atoms with Gasteiger partial charge in [-0.25, -0.2) is 19.6 Å². The van der Waals surface area contributed by atoms with Crippen LogP contribution in [0.25, 0.3) is 33.6 Å².